The van der Waals surface area contributed by atoms with Crippen LogP contribution in [0.1, 0.15) is 44.5 Å². The van der Waals surface area contributed by atoms with Crippen LogP contribution in [0.2, 0.25) is 0 Å². The molecule has 2 aromatic rings. The summed E-state index contributed by atoms with van der Waals surface area (Å²) < 4.78 is 0. The number of hydrogen-bond donors (Lipinski definition) is 0. The van der Waals surface area contributed by atoms with Gasteiger partial charge in [-0.3, -0.25) is 4.79 Å². The number of Topliss-reactive ketones (excluding diaryl/α,β-unsaturated/α-hetero) is 1. The lowest BCUT2D eigenvalue weighted by molar-refractivity contribution is 0.0982. The van der Waals surface area contributed by atoms with Crippen molar-refractivity contribution >= 4 is 28.5 Å². The molecule has 2 aromatic heterocycles. The van der Waals surface area contributed by atoms with E-state index >= 15 is 0 Å². The Hall–Kier alpha value is -1.51. The van der Waals surface area contributed by atoms with E-state index in [0.717, 1.165) is 26.9 Å². The summed E-state index contributed by atoms with van der Waals surface area (Å²) >= 11 is 2.95. The molecule has 0 aromatic carbocycles. The Balaban J connectivity index is 2.18. The van der Waals surface area contributed by atoms with Crippen LogP contribution in [0.15, 0.2) is 17.5 Å². The molecule has 0 aliphatic heterocycles. The van der Waals surface area contributed by atoms with Gasteiger partial charge >= 0.3 is 0 Å². The summed E-state index contributed by atoms with van der Waals surface area (Å²) in [6, 6.07) is 6.04. The van der Waals surface area contributed by atoms with Gasteiger partial charge in [0.15, 0.2) is 5.78 Å². The van der Waals surface area contributed by atoms with E-state index in [1.165, 1.54) is 22.7 Å². The van der Waals surface area contributed by atoms with Gasteiger partial charge in [-0.15, -0.1) is 22.7 Å². The molecule has 0 spiro atoms. The predicted molar refractivity (Wildman–Crippen MR) is 77.8 cm³/mol. The van der Waals surface area contributed by atoms with E-state index in [-0.39, 0.29) is 18.1 Å². The fourth-order valence-corrected chi connectivity index (χ4v) is 3.63. The molecule has 0 radical (unpaired) electrons. The Kier molecular flexibility index (Phi) is 4.46. The molecule has 2 rings (SSSR count). The predicted octanol–water partition coefficient (Wildman–Crippen LogP) is 3.96. The van der Waals surface area contributed by atoms with E-state index in [9.17, 15) is 10.1 Å². The van der Waals surface area contributed by atoms with Gasteiger partial charge in [0, 0.05) is 11.3 Å². The van der Waals surface area contributed by atoms with E-state index in [2.05, 4.69) is 11.1 Å². The molecule has 1 unspecified atom stereocenters. The molecule has 0 aliphatic carbocycles. The second-order valence-corrected chi connectivity index (χ2v) is 6.37. The van der Waals surface area contributed by atoms with Gasteiger partial charge in [0.2, 0.25) is 0 Å². The average molecular weight is 290 g/mol. The molecule has 19 heavy (non-hydrogen) atoms. The first-order valence-corrected chi connectivity index (χ1v) is 7.77. The lowest BCUT2D eigenvalue weighted by Gasteiger charge is -2.05. The highest BCUT2D eigenvalue weighted by Gasteiger charge is 2.21. The zero-order valence-electron chi connectivity index (χ0n) is 10.8. The number of aromatic nitrogens is 1. The van der Waals surface area contributed by atoms with Crippen molar-refractivity contribution in [2.24, 2.45) is 0 Å². The Bertz CT molecular complexity index is 608. The van der Waals surface area contributed by atoms with E-state index in [0.29, 0.717) is 0 Å². The first-order valence-electron chi connectivity index (χ1n) is 6.08. The maximum absolute atomic E-state index is 12.3. The van der Waals surface area contributed by atoms with Crippen molar-refractivity contribution in [3.05, 3.63) is 38.0 Å². The summed E-state index contributed by atoms with van der Waals surface area (Å²) in [7, 11) is 0. The Morgan fingerprint density at radius 2 is 2.37 bits per heavy atom. The number of hydrogen-bond acceptors (Lipinski definition) is 5. The van der Waals surface area contributed by atoms with E-state index in [1.54, 1.807) is 0 Å². The quantitative estimate of drug-likeness (QED) is 0.783. The van der Waals surface area contributed by atoms with Crippen molar-refractivity contribution in [1.82, 2.24) is 4.98 Å². The first-order chi connectivity index (χ1) is 9.15. The smallest absolute Gasteiger partial charge is 0.176 e. The zero-order chi connectivity index (χ0) is 13.8. The number of ketones is 1. The fourth-order valence-electron chi connectivity index (χ4n) is 1.91. The maximum atomic E-state index is 12.3. The summed E-state index contributed by atoms with van der Waals surface area (Å²) in [5, 5.41) is 12.1. The molecule has 1 atom stereocenters. The topological polar surface area (TPSA) is 53.8 Å². The van der Waals surface area contributed by atoms with Crippen LogP contribution in [0, 0.1) is 18.3 Å². The van der Waals surface area contributed by atoms with Gasteiger partial charge in [0.05, 0.1) is 27.6 Å². The fraction of sp³-hybridized carbons (Fsp3) is 0.357. The van der Waals surface area contributed by atoms with Gasteiger partial charge in [-0.1, -0.05) is 13.0 Å². The summed E-state index contributed by atoms with van der Waals surface area (Å²) in [5.41, 5.74) is 0.857. The zero-order valence-corrected chi connectivity index (χ0v) is 12.5. The Morgan fingerprint density at radius 1 is 1.58 bits per heavy atom. The van der Waals surface area contributed by atoms with Crippen molar-refractivity contribution in [2.45, 2.75) is 32.6 Å². The summed E-state index contributed by atoms with van der Waals surface area (Å²) in [6.45, 7) is 3.90. The first kappa shape index (κ1) is 13.9. The molecule has 0 saturated carbocycles. The van der Waals surface area contributed by atoms with Crippen molar-refractivity contribution in [3.63, 3.8) is 0 Å². The van der Waals surface area contributed by atoms with E-state index in [4.69, 9.17) is 0 Å². The largest absolute Gasteiger partial charge is 0.293 e. The lowest BCUT2D eigenvalue weighted by Crippen LogP contribution is -2.06. The summed E-state index contributed by atoms with van der Waals surface area (Å²) in [6.07, 6.45) is 0.993. The molecule has 3 nitrogen and oxygen atoms in total. The number of aryl methyl sites for hydroxylation is 2. The number of rotatable bonds is 5. The van der Waals surface area contributed by atoms with Gasteiger partial charge in [0.25, 0.3) is 0 Å². The number of thiazole rings is 1. The second kappa shape index (κ2) is 6.09. The minimum Gasteiger partial charge on any atom is -0.293 e. The van der Waals surface area contributed by atoms with E-state index < -0.39 is 0 Å². The van der Waals surface area contributed by atoms with Crippen molar-refractivity contribution in [3.8, 4) is 6.07 Å². The average Bonchev–Trinajstić information content (AvgIpc) is 3.04. The Morgan fingerprint density at radius 3 is 2.95 bits per heavy atom. The number of nitriles is 1. The van der Waals surface area contributed by atoms with Gasteiger partial charge in [0.1, 0.15) is 0 Å². The van der Waals surface area contributed by atoms with Crippen LogP contribution in [0.4, 0.5) is 0 Å². The molecular formula is C14H14N2OS2. The molecule has 0 bridgehead atoms. The van der Waals surface area contributed by atoms with Crippen molar-refractivity contribution < 1.29 is 4.79 Å². The lowest BCUT2D eigenvalue weighted by atomic mass is 10.0. The normalized spacial score (nSPS) is 12.1. The molecule has 0 fully saturated rings. The van der Waals surface area contributed by atoms with E-state index in [1.807, 2.05) is 31.4 Å². The van der Waals surface area contributed by atoms with Crippen molar-refractivity contribution in [2.75, 3.05) is 0 Å². The maximum Gasteiger partial charge on any atom is 0.176 e. The number of carbonyl (C=O) groups is 1. The van der Waals surface area contributed by atoms with Crippen LogP contribution in [0.5, 0.6) is 0 Å². The highest BCUT2D eigenvalue weighted by molar-refractivity contribution is 7.13. The molecule has 5 heteroatoms. The summed E-state index contributed by atoms with van der Waals surface area (Å²) in [4.78, 5) is 18.4. The Labute approximate surface area is 120 Å². The third kappa shape index (κ3) is 3.09. The van der Waals surface area contributed by atoms with Crippen LogP contribution in [-0.4, -0.2) is 10.8 Å². The number of nitrogens with zero attached hydrogens (tertiary/aromatic N) is 2. The van der Waals surface area contributed by atoms with Crippen LogP contribution in [0.3, 0.4) is 0 Å². The second-order valence-electron chi connectivity index (χ2n) is 4.19. The molecule has 0 aliphatic rings. The molecule has 0 N–H and O–H groups in total. The van der Waals surface area contributed by atoms with Crippen LogP contribution in [0.25, 0.3) is 0 Å². The minimum atomic E-state index is -0.348. The highest BCUT2D eigenvalue weighted by Crippen LogP contribution is 2.28. The summed E-state index contributed by atoms with van der Waals surface area (Å²) in [5.74, 6) is -0.318. The van der Waals surface area contributed by atoms with Gasteiger partial charge in [-0.25, -0.2) is 4.98 Å². The molecule has 2 heterocycles. The molecule has 98 valence electrons. The van der Waals surface area contributed by atoms with Gasteiger partial charge in [-0.05, 0) is 24.8 Å². The third-order valence-corrected chi connectivity index (χ3v) is 4.86. The standard InChI is InChI=1S/C14H14N2OS2/c1-3-11-14(19-9(2)16-11)12(17)7-10(8-15)13-5-4-6-18-13/h4-6,10H,3,7H2,1-2H3. The SMILES string of the molecule is CCc1nc(C)sc1C(=O)CC(C#N)c1cccs1. The molecular weight excluding hydrogens is 276 g/mol. The number of thiophene rings is 1. The number of carbonyl (C=O) groups excluding carboxylic acids is 1. The molecule has 0 amide bonds. The van der Waals surface area contributed by atoms with Crippen molar-refractivity contribution in [1.29, 1.82) is 5.26 Å². The van der Waals surface area contributed by atoms with Crippen LogP contribution >= 0.6 is 22.7 Å². The van der Waals surface area contributed by atoms with Crippen LogP contribution in [-0.2, 0) is 6.42 Å². The van der Waals surface area contributed by atoms with Gasteiger partial charge in [-0.2, -0.15) is 5.26 Å². The third-order valence-electron chi connectivity index (χ3n) is 2.82. The van der Waals surface area contributed by atoms with Crippen LogP contribution < -0.4 is 0 Å². The molecule has 0 saturated heterocycles. The monoisotopic (exact) mass is 290 g/mol. The van der Waals surface area contributed by atoms with Gasteiger partial charge < -0.3 is 0 Å². The highest BCUT2D eigenvalue weighted by atomic mass is 32.1. The minimum absolute atomic E-state index is 0.0300.